The van der Waals surface area contributed by atoms with Crippen LogP contribution in [0, 0.1) is 6.92 Å². The van der Waals surface area contributed by atoms with Gasteiger partial charge in [-0.2, -0.15) is 0 Å². The van der Waals surface area contributed by atoms with Crippen molar-refractivity contribution in [1.82, 2.24) is 5.32 Å². The summed E-state index contributed by atoms with van der Waals surface area (Å²) in [4.78, 5) is 12.5. The minimum absolute atomic E-state index is 0.0359. The molecule has 1 aliphatic carbocycles. The van der Waals surface area contributed by atoms with Gasteiger partial charge in [0.25, 0.3) is 5.91 Å². The van der Waals surface area contributed by atoms with Crippen molar-refractivity contribution in [3.63, 3.8) is 0 Å². The maximum Gasteiger partial charge on any atom is 0.253 e. The topological polar surface area (TPSA) is 41.1 Å². The fourth-order valence-electron chi connectivity index (χ4n) is 2.86. The highest BCUT2D eigenvalue weighted by Gasteiger charge is 2.29. The van der Waals surface area contributed by atoms with Crippen LogP contribution in [0.3, 0.4) is 0 Å². The largest absolute Gasteiger partial charge is 0.387 e. The van der Waals surface area contributed by atoms with E-state index in [9.17, 15) is 4.79 Å². The molecular formula is C16H24N2O. The number of anilines is 1. The molecule has 2 rings (SSSR count). The first-order chi connectivity index (χ1) is 9.04. The van der Waals surface area contributed by atoms with E-state index in [1.54, 1.807) is 0 Å². The van der Waals surface area contributed by atoms with Crippen molar-refractivity contribution in [3.8, 4) is 0 Å². The summed E-state index contributed by atoms with van der Waals surface area (Å²) in [5.74, 6) is 0.0359. The molecule has 19 heavy (non-hydrogen) atoms. The predicted octanol–water partition coefficient (Wildman–Crippen LogP) is 3.49. The van der Waals surface area contributed by atoms with Gasteiger partial charge in [0.1, 0.15) is 0 Å². The van der Waals surface area contributed by atoms with E-state index in [1.807, 2.05) is 32.2 Å². The third-order valence-corrected chi connectivity index (χ3v) is 4.06. The highest BCUT2D eigenvalue weighted by Crippen LogP contribution is 2.28. The second-order valence-corrected chi connectivity index (χ2v) is 5.87. The van der Waals surface area contributed by atoms with Crippen LogP contribution in [-0.2, 0) is 0 Å². The second-order valence-electron chi connectivity index (χ2n) is 5.87. The van der Waals surface area contributed by atoms with Crippen LogP contribution in [0.2, 0.25) is 0 Å². The normalized spacial score (nSPS) is 17.8. The van der Waals surface area contributed by atoms with Gasteiger partial charge in [-0.15, -0.1) is 0 Å². The van der Waals surface area contributed by atoms with Gasteiger partial charge in [-0.25, -0.2) is 0 Å². The summed E-state index contributed by atoms with van der Waals surface area (Å²) in [6.45, 7) is 4.20. The third kappa shape index (κ3) is 3.28. The monoisotopic (exact) mass is 260 g/mol. The Balaban J connectivity index is 2.15. The van der Waals surface area contributed by atoms with E-state index < -0.39 is 0 Å². The highest BCUT2D eigenvalue weighted by molar-refractivity contribution is 6.00. The quantitative estimate of drug-likeness (QED) is 0.873. The Morgan fingerprint density at radius 2 is 1.89 bits per heavy atom. The Morgan fingerprint density at radius 3 is 2.53 bits per heavy atom. The van der Waals surface area contributed by atoms with Gasteiger partial charge >= 0.3 is 0 Å². The molecule has 0 spiro atoms. The van der Waals surface area contributed by atoms with Gasteiger partial charge in [-0.1, -0.05) is 25.3 Å². The molecule has 1 amide bonds. The fraction of sp³-hybridized carbons (Fsp3) is 0.562. The average Bonchev–Trinajstić information content (AvgIpc) is 2.38. The van der Waals surface area contributed by atoms with Crippen molar-refractivity contribution in [1.29, 1.82) is 0 Å². The molecule has 0 radical (unpaired) electrons. The smallest absolute Gasteiger partial charge is 0.253 e. The summed E-state index contributed by atoms with van der Waals surface area (Å²) in [6, 6.07) is 5.90. The van der Waals surface area contributed by atoms with E-state index >= 15 is 0 Å². The molecular weight excluding hydrogens is 236 g/mol. The standard InChI is InChI=1S/C16H24N2O/c1-12-7-8-13(14(11-12)17-3)15(19)18-16(2)9-5-4-6-10-16/h7-8,11,17H,4-6,9-10H2,1-3H3,(H,18,19). The second kappa shape index (κ2) is 5.64. The molecule has 0 aliphatic heterocycles. The van der Waals surface area contributed by atoms with Gasteiger partial charge in [0.2, 0.25) is 0 Å². The molecule has 0 saturated heterocycles. The first kappa shape index (κ1) is 13.9. The van der Waals surface area contributed by atoms with Crippen LogP contribution in [0.5, 0.6) is 0 Å². The number of rotatable bonds is 3. The van der Waals surface area contributed by atoms with Crippen LogP contribution >= 0.6 is 0 Å². The minimum Gasteiger partial charge on any atom is -0.387 e. The van der Waals surface area contributed by atoms with Crippen LogP contribution in [-0.4, -0.2) is 18.5 Å². The lowest BCUT2D eigenvalue weighted by molar-refractivity contribution is 0.0883. The van der Waals surface area contributed by atoms with Crippen LogP contribution in [0.15, 0.2) is 18.2 Å². The van der Waals surface area contributed by atoms with E-state index in [1.165, 1.54) is 19.3 Å². The van der Waals surface area contributed by atoms with Crippen molar-refractivity contribution in [2.75, 3.05) is 12.4 Å². The van der Waals surface area contributed by atoms with E-state index in [0.29, 0.717) is 0 Å². The molecule has 0 heterocycles. The van der Waals surface area contributed by atoms with E-state index in [-0.39, 0.29) is 11.4 Å². The Kier molecular flexibility index (Phi) is 4.13. The molecule has 1 aromatic rings. The first-order valence-corrected chi connectivity index (χ1v) is 7.15. The van der Waals surface area contributed by atoms with Crippen molar-refractivity contribution in [2.45, 2.75) is 51.5 Å². The maximum atomic E-state index is 12.5. The molecule has 1 aromatic carbocycles. The molecule has 0 bridgehead atoms. The first-order valence-electron chi connectivity index (χ1n) is 7.15. The Morgan fingerprint density at radius 1 is 1.21 bits per heavy atom. The van der Waals surface area contributed by atoms with Crippen molar-refractivity contribution in [3.05, 3.63) is 29.3 Å². The number of hydrogen-bond donors (Lipinski definition) is 2. The molecule has 0 atom stereocenters. The summed E-state index contributed by atoms with van der Waals surface area (Å²) in [5.41, 5.74) is 2.76. The lowest BCUT2D eigenvalue weighted by atomic mass is 9.83. The van der Waals surface area contributed by atoms with Gasteiger partial charge < -0.3 is 10.6 Å². The molecule has 104 valence electrons. The number of hydrogen-bond acceptors (Lipinski definition) is 2. The number of nitrogens with one attached hydrogen (secondary N) is 2. The molecule has 3 heteroatoms. The summed E-state index contributed by atoms with van der Waals surface area (Å²) in [6.07, 6.45) is 5.88. The van der Waals surface area contributed by atoms with Gasteiger partial charge in [0.15, 0.2) is 0 Å². The van der Waals surface area contributed by atoms with E-state index in [0.717, 1.165) is 29.7 Å². The molecule has 1 saturated carbocycles. The molecule has 1 fully saturated rings. The highest BCUT2D eigenvalue weighted by atomic mass is 16.1. The molecule has 3 nitrogen and oxygen atoms in total. The average molecular weight is 260 g/mol. The van der Waals surface area contributed by atoms with Gasteiger partial charge in [0.05, 0.1) is 5.56 Å². The zero-order chi connectivity index (χ0) is 13.9. The molecule has 1 aliphatic rings. The van der Waals surface area contributed by atoms with E-state index in [2.05, 4.69) is 17.6 Å². The van der Waals surface area contributed by atoms with Crippen molar-refractivity contribution in [2.24, 2.45) is 0 Å². The van der Waals surface area contributed by atoms with Crippen molar-refractivity contribution < 1.29 is 4.79 Å². The predicted molar refractivity (Wildman–Crippen MR) is 79.7 cm³/mol. The Hall–Kier alpha value is -1.51. The Bertz CT molecular complexity index is 462. The fourth-order valence-corrected chi connectivity index (χ4v) is 2.86. The summed E-state index contributed by atoms with van der Waals surface area (Å²) < 4.78 is 0. The van der Waals surface area contributed by atoms with Crippen LogP contribution in [0.1, 0.15) is 54.9 Å². The molecule has 0 aromatic heterocycles. The Labute approximate surface area is 115 Å². The lowest BCUT2D eigenvalue weighted by Gasteiger charge is -2.34. The summed E-state index contributed by atoms with van der Waals surface area (Å²) >= 11 is 0. The third-order valence-electron chi connectivity index (χ3n) is 4.06. The van der Waals surface area contributed by atoms with Crippen molar-refractivity contribution >= 4 is 11.6 Å². The lowest BCUT2D eigenvalue weighted by Crippen LogP contribution is -2.47. The summed E-state index contributed by atoms with van der Waals surface area (Å²) in [7, 11) is 1.86. The van der Waals surface area contributed by atoms with Crippen LogP contribution in [0.4, 0.5) is 5.69 Å². The maximum absolute atomic E-state index is 12.5. The SMILES string of the molecule is CNc1cc(C)ccc1C(=O)NC1(C)CCCCC1. The zero-order valence-corrected chi connectivity index (χ0v) is 12.2. The minimum atomic E-state index is -0.0365. The number of carbonyl (C=O) groups is 1. The molecule has 0 unspecified atom stereocenters. The van der Waals surface area contributed by atoms with Gasteiger partial charge in [0, 0.05) is 18.3 Å². The van der Waals surface area contributed by atoms with Crippen LogP contribution < -0.4 is 10.6 Å². The van der Waals surface area contributed by atoms with Crippen LogP contribution in [0.25, 0.3) is 0 Å². The number of amides is 1. The summed E-state index contributed by atoms with van der Waals surface area (Å²) in [5, 5.41) is 6.33. The van der Waals surface area contributed by atoms with Gasteiger partial charge in [-0.3, -0.25) is 4.79 Å². The number of carbonyl (C=O) groups excluding carboxylic acids is 1. The van der Waals surface area contributed by atoms with Gasteiger partial charge in [-0.05, 0) is 44.4 Å². The molecule has 2 N–H and O–H groups in total. The van der Waals surface area contributed by atoms with E-state index in [4.69, 9.17) is 0 Å². The number of aryl methyl sites for hydroxylation is 1. The number of benzene rings is 1. The zero-order valence-electron chi connectivity index (χ0n) is 12.2.